The highest BCUT2D eigenvalue weighted by atomic mass is 32.2. The van der Waals surface area contributed by atoms with Crippen molar-refractivity contribution in [2.45, 2.75) is 69.4 Å². The van der Waals surface area contributed by atoms with Crippen molar-refractivity contribution in [1.82, 2.24) is 5.32 Å². The average molecular weight is 484 g/mol. The molecule has 8 nitrogen and oxygen atoms in total. The molecule has 2 aromatic rings. The summed E-state index contributed by atoms with van der Waals surface area (Å²) in [6.07, 6.45) is 2.64. The lowest BCUT2D eigenvalue weighted by Crippen LogP contribution is -2.52. The quantitative estimate of drug-likeness (QED) is 0.574. The molecule has 0 radical (unpaired) electrons. The SMILES string of the molecule is Cc1ccc(C)c(S(=O)(=O)Nc2ccccc2C(=O)OC(C)C(=O)NC2(C#N)CCCCC2)c1. The molecule has 1 aliphatic carbocycles. The van der Waals surface area contributed by atoms with Gasteiger partial charge >= 0.3 is 5.97 Å². The number of sulfonamides is 1. The first-order chi connectivity index (χ1) is 16.1. The molecule has 0 bridgehead atoms. The maximum absolute atomic E-state index is 13.0. The van der Waals surface area contributed by atoms with E-state index < -0.39 is 33.5 Å². The summed E-state index contributed by atoms with van der Waals surface area (Å²) < 4.78 is 33.8. The Morgan fingerprint density at radius 2 is 1.76 bits per heavy atom. The second-order valence-corrected chi connectivity index (χ2v) is 10.4. The Hall–Kier alpha value is -3.38. The molecule has 1 unspecified atom stereocenters. The predicted octanol–water partition coefficient (Wildman–Crippen LogP) is 3.99. The molecule has 1 fully saturated rings. The minimum atomic E-state index is -3.97. The maximum Gasteiger partial charge on any atom is 0.341 e. The Morgan fingerprint density at radius 1 is 1.09 bits per heavy atom. The van der Waals surface area contributed by atoms with Crippen LogP contribution in [-0.2, 0) is 19.6 Å². The van der Waals surface area contributed by atoms with E-state index in [0.717, 1.165) is 24.8 Å². The Balaban J connectivity index is 1.76. The topological polar surface area (TPSA) is 125 Å². The van der Waals surface area contributed by atoms with Crippen molar-refractivity contribution < 1.29 is 22.7 Å². The number of para-hydroxylation sites is 1. The Bertz CT molecular complexity index is 1230. The molecule has 0 heterocycles. The van der Waals surface area contributed by atoms with Crippen LogP contribution >= 0.6 is 0 Å². The zero-order chi connectivity index (χ0) is 24.9. The van der Waals surface area contributed by atoms with E-state index in [2.05, 4.69) is 16.1 Å². The van der Waals surface area contributed by atoms with Crippen LogP contribution in [0.5, 0.6) is 0 Å². The van der Waals surface area contributed by atoms with Gasteiger partial charge in [0.2, 0.25) is 0 Å². The van der Waals surface area contributed by atoms with Crippen LogP contribution in [0.4, 0.5) is 5.69 Å². The minimum Gasteiger partial charge on any atom is -0.449 e. The van der Waals surface area contributed by atoms with E-state index >= 15 is 0 Å². The number of anilines is 1. The fraction of sp³-hybridized carbons (Fsp3) is 0.400. The first-order valence-electron chi connectivity index (χ1n) is 11.2. The summed E-state index contributed by atoms with van der Waals surface area (Å²) in [5.41, 5.74) is 0.421. The van der Waals surface area contributed by atoms with Crippen LogP contribution in [0.2, 0.25) is 0 Å². The second kappa shape index (κ2) is 10.3. The number of amides is 1. The Kier molecular flexibility index (Phi) is 7.62. The maximum atomic E-state index is 13.0. The molecule has 0 aromatic heterocycles. The average Bonchev–Trinajstić information content (AvgIpc) is 2.81. The first-order valence-corrected chi connectivity index (χ1v) is 12.7. The number of nitrogens with one attached hydrogen (secondary N) is 2. The van der Waals surface area contributed by atoms with E-state index in [1.807, 2.05) is 6.07 Å². The van der Waals surface area contributed by atoms with Gasteiger partial charge in [-0.1, -0.05) is 43.5 Å². The molecule has 1 atom stereocenters. The molecule has 2 aromatic carbocycles. The lowest BCUT2D eigenvalue weighted by Gasteiger charge is -2.32. The van der Waals surface area contributed by atoms with Gasteiger partial charge in [-0.3, -0.25) is 9.52 Å². The molecule has 1 aliphatic rings. The molecule has 2 N–H and O–H groups in total. The van der Waals surface area contributed by atoms with Gasteiger partial charge in [-0.15, -0.1) is 0 Å². The summed E-state index contributed by atoms with van der Waals surface area (Å²) in [7, 11) is -3.97. The number of aryl methyl sites for hydroxylation is 2. The van der Waals surface area contributed by atoms with E-state index in [-0.39, 0.29) is 16.1 Å². The van der Waals surface area contributed by atoms with Crippen molar-refractivity contribution in [1.29, 1.82) is 5.26 Å². The number of ether oxygens (including phenoxy) is 1. The van der Waals surface area contributed by atoms with Gasteiger partial charge in [0.1, 0.15) is 5.54 Å². The number of carbonyl (C=O) groups is 2. The van der Waals surface area contributed by atoms with E-state index in [1.54, 1.807) is 38.1 Å². The van der Waals surface area contributed by atoms with Gasteiger partial charge in [0.25, 0.3) is 15.9 Å². The van der Waals surface area contributed by atoms with Crippen LogP contribution in [0.25, 0.3) is 0 Å². The number of hydrogen-bond acceptors (Lipinski definition) is 6. The number of nitriles is 1. The number of rotatable bonds is 7. The predicted molar refractivity (Wildman–Crippen MR) is 128 cm³/mol. The van der Waals surface area contributed by atoms with Crippen LogP contribution in [0.1, 0.15) is 60.5 Å². The molecule has 0 spiro atoms. The van der Waals surface area contributed by atoms with Crippen molar-refractivity contribution in [2.24, 2.45) is 0 Å². The molecule has 1 saturated carbocycles. The van der Waals surface area contributed by atoms with Crippen LogP contribution < -0.4 is 10.0 Å². The van der Waals surface area contributed by atoms with Gasteiger partial charge in [-0.05, 0) is 62.9 Å². The van der Waals surface area contributed by atoms with Crippen molar-refractivity contribution in [3.63, 3.8) is 0 Å². The third kappa shape index (κ3) is 5.75. The van der Waals surface area contributed by atoms with Crippen molar-refractivity contribution >= 4 is 27.6 Å². The first kappa shape index (κ1) is 25.2. The van der Waals surface area contributed by atoms with Crippen molar-refractivity contribution in [2.75, 3.05) is 4.72 Å². The summed E-state index contributed by atoms with van der Waals surface area (Å²) in [5, 5.41) is 12.3. The Labute approximate surface area is 200 Å². The third-order valence-electron chi connectivity index (χ3n) is 5.96. The number of nitrogens with zero attached hydrogens (tertiary/aromatic N) is 1. The minimum absolute atomic E-state index is 0.0244. The van der Waals surface area contributed by atoms with Gasteiger partial charge in [-0.25, -0.2) is 13.2 Å². The van der Waals surface area contributed by atoms with Crippen LogP contribution in [0.3, 0.4) is 0 Å². The molecule has 1 amide bonds. The fourth-order valence-corrected chi connectivity index (χ4v) is 5.39. The lowest BCUT2D eigenvalue weighted by atomic mass is 9.83. The van der Waals surface area contributed by atoms with E-state index in [1.165, 1.54) is 19.1 Å². The largest absolute Gasteiger partial charge is 0.449 e. The van der Waals surface area contributed by atoms with Gasteiger partial charge in [0.05, 0.1) is 22.2 Å². The third-order valence-corrected chi connectivity index (χ3v) is 7.47. The number of hydrogen-bond donors (Lipinski definition) is 2. The standard InChI is InChI=1S/C25H29N3O5S/c1-17-11-12-18(2)22(15-17)34(31,32)28-21-10-6-5-9-20(21)24(30)33-19(3)23(29)27-25(16-26)13-7-4-8-14-25/h5-6,9-12,15,19,28H,4,7-8,13-14H2,1-3H3,(H,27,29). The molecular formula is C25H29N3O5S. The fourth-order valence-electron chi connectivity index (χ4n) is 3.98. The highest BCUT2D eigenvalue weighted by Crippen LogP contribution is 2.28. The lowest BCUT2D eigenvalue weighted by molar-refractivity contribution is -0.130. The highest BCUT2D eigenvalue weighted by molar-refractivity contribution is 7.92. The normalized spacial score (nSPS) is 16.1. The molecule has 0 saturated heterocycles. The summed E-state index contributed by atoms with van der Waals surface area (Å²) in [5.74, 6) is -1.41. The van der Waals surface area contributed by atoms with Crippen LogP contribution in [0, 0.1) is 25.2 Å². The van der Waals surface area contributed by atoms with Gasteiger partial charge in [-0.2, -0.15) is 5.26 Å². The molecule has 180 valence electrons. The number of esters is 1. The Morgan fingerprint density at radius 3 is 2.44 bits per heavy atom. The van der Waals surface area contributed by atoms with E-state index in [9.17, 15) is 23.3 Å². The second-order valence-electron chi connectivity index (χ2n) is 8.71. The summed E-state index contributed by atoms with van der Waals surface area (Å²) in [6.45, 7) is 4.90. The van der Waals surface area contributed by atoms with E-state index in [0.29, 0.717) is 18.4 Å². The summed E-state index contributed by atoms with van der Waals surface area (Å²) in [4.78, 5) is 25.6. The van der Waals surface area contributed by atoms with Gasteiger partial charge < -0.3 is 10.1 Å². The van der Waals surface area contributed by atoms with Crippen molar-refractivity contribution in [3.05, 3.63) is 59.2 Å². The summed E-state index contributed by atoms with van der Waals surface area (Å²) >= 11 is 0. The van der Waals surface area contributed by atoms with Crippen molar-refractivity contribution in [3.8, 4) is 6.07 Å². The number of benzene rings is 2. The number of carbonyl (C=O) groups excluding carboxylic acids is 2. The van der Waals surface area contributed by atoms with E-state index in [4.69, 9.17) is 4.74 Å². The van der Waals surface area contributed by atoms with Crippen LogP contribution in [0.15, 0.2) is 47.4 Å². The van der Waals surface area contributed by atoms with Gasteiger partial charge in [0.15, 0.2) is 6.10 Å². The zero-order valence-corrected chi connectivity index (χ0v) is 20.4. The molecular weight excluding hydrogens is 454 g/mol. The highest BCUT2D eigenvalue weighted by Gasteiger charge is 2.35. The smallest absolute Gasteiger partial charge is 0.341 e. The molecule has 9 heteroatoms. The monoisotopic (exact) mass is 483 g/mol. The zero-order valence-electron chi connectivity index (χ0n) is 19.6. The molecule has 0 aliphatic heterocycles. The summed E-state index contributed by atoms with van der Waals surface area (Å²) in [6, 6.07) is 13.3. The van der Waals surface area contributed by atoms with Gasteiger partial charge in [0, 0.05) is 0 Å². The van der Waals surface area contributed by atoms with Crippen LogP contribution in [-0.4, -0.2) is 31.9 Å². The molecule has 3 rings (SSSR count). The molecule has 34 heavy (non-hydrogen) atoms.